The molecule has 0 heterocycles. The van der Waals surface area contributed by atoms with Gasteiger partial charge in [-0.3, -0.25) is 14.4 Å². The molecular weight excluding hydrogens is 495 g/mol. The van der Waals surface area contributed by atoms with Gasteiger partial charge in [0.05, 0.1) is 6.04 Å². The minimum absolute atomic E-state index is 0.00510. The zero-order chi connectivity index (χ0) is 26.6. The Hall–Kier alpha value is -2.50. The monoisotopic (exact) mass is 526 g/mol. The van der Waals surface area contributed by atoms with Crippen molar-refractivity contribution in [1.82, 2.24) is 0 Å². The highest BCUT2D eigenvalue weighted by atomic mass is 28.4. The summed E-state index contributed by atoms with van der Waals surface area (Å²) in [5.74, 6) is -11.7. The van der Waals surface area contributed by atoms with Crippen molar-refractivity contribution < 1.29 is 49.6 Å². The van der Waals surface area contributed by atoms with Crippen molar-refractivity contribution in [2.75, 3.05) is 0 Å². The van der Waals surface area contributed by atoms with Crippen molar-refractivity contribution in [3.63, 3.8) is 0 Å². The SMILES string of the molecule is CCC(=O)O[Si](CCCCCCCCc1c(F)c(F)c(F)c(F)c1F)(OC(=O)CC)OC(=O)CC. The summed E-state index contributed by atoms with van der Waals surface area (Å²) in [7, 11) is -3.93. The summed E-state index contributed by atoms with van der Waals surface area (Å²) in [6.07, 6.45) is 2.63. The van der Waals surface area contributed by atoms with Crippen molar-refractivity contribution in [3.8, 4) is 0 Å². The highest BCUT2D eigenvalue weighted by Gasteiger charge is 2.52. The first-order valence-corrected chi connectivity index (χ1v) is 13.6. The normalized spacial score (nSPS) is 11.3. The molecule has 0 N–H and O–H groups in total. The minimum atomic E-state index is -3.93. The summed E-state index contributed by atoms with van der Waals surface area (Å²) < 4.78 is 83.1. The number of carbonyl (C=O) groups is 3. The van der Waals surface area contributed by atoms with Gasteiger partial charge in [-0.15, -0.1) is 0 Å². The molecule has 0 aromatic heterocycles. The maximum absolute atomic E-state index is 13.7. The molecule has 1 rings (SSSR count). The third-order valence-electron chi connectivity index (χ3n) is 5.13. The molecule has 0 bridgehead atoms. The van der Waals surface area contributed by atoms with Crippen LogP contribution in [0.5, 0.6) is 0 Å². The minimum Gasteiger partial charge on any atom is -0.455 e. The maximum Gasteiger partial charge on any atom is 0.705 e. The zero-order valence-electron chi connectivity index (χ0n) is 20.1. The average molecular weight is 527 g/mol. The lowest BCUT2D eigenvalue weighted by Crippen LogP contribution is -2.50. The predicted molar refractivity (Wildman–Crippen MR) is 117 cm³/mol. The van der Waals surface area contributed by atoms with Crippen LogP contribution < -0.4 is 0 Å². The highest BCUT2D eigenvalue weighted by molar-refractivity contribution is 6.65. The smallest absolute Gasteiger partial charge is 0.455 e. The Labute approximate surface area is 202 Å². The summed E-state index contributed by atoms with van der Waals surface area (Å²) in [5.41, 5.74) is -0.828. The number of carbonyl (C=O) groups excluding carboxylic acids is 3. The van der Waals surface area contributed by atoms with Gasteiger partial charge in [0.2, 0.25) is 5.82 Å². The van der Waals surface area contributed by atoms with Gasteiger partial charge in [0, 0.05) is 24.8 Å². The van der Waals surface area contributed by atoms with Crippen LogP contribution in [0.15, 0.2) is 0 Å². The lowest BCUT2D eigenvalue weighted by molar-refractivity contribution is -0.150. The Morgan fingerprint density at radius 2 is 0.914 bits per heavy atom. The molecule has 12 heteroatoms. The maximum atomic E-state index is 13.7. The van der Waals surface area contributed by atoms with Crippen LogP contribution >= 0.6 is 0 Å². The first kappa shape index (κ1) is 30.5. The zero-order valence-corrected chi connectivity index (χ0v) is 21.1. The van der Waals surface area contributed by atoms with Gasteiger partial charge in [-0.1, -0.05) is 46.5 Å². The molecule has 6 nitrogen and oxygen atoms in total. The van der Waals surface area contributed by atoms with Crippen LogP contribution in [0.2, 0.25) is 6.04 Å². The molecule has 0 aliphatic carbocycles. The summed E-state index contributed by atoms with van der Waals surface area (Å²) in [5, 5.41) is 0. The first-order chi connectivity index (χ1) is 16.5. The summed E-state index contributed by atoms with van der Waals surface area (Å²) in [4.78, 5) is 35.7. The van der Waals surface area contributed by atoms with Gasteiger partial charge in [0.1, 0.15) is 0 Å². The second-order valence-electron chi connectivity index (χ2n) is 7.84. The molecule has 0 aliphatic rings. The van der Waals surface area contributed by atoms with Gasteiger partial charge in [-0.25, -0.2) is 22.0 Å². The number of halogens is 5. The van der Waals surface area contributed by atoms with Crippen LogP contribution in [0.4, 0.5) is 22.0 Å². The van der Waals surface area contributed by atoms with Crippen LogP contribution in [0.3, 0.4) is 0 Å². The lowest BCUT2D eigenvalue weighted by Gasteiger charge is -2.27. The van der Waals surface area contributed by atoms with Gasteiger partial charge in [-0.05, 0) is 19.3 Å². The van der Waals surface area contributed by atoms with Crippen molar-refractivity contribution in [2.24, 2.45) is 0 Å². The van der Waals surface area contributed by atoms with Gasteiger partial charge in [0.25, 0.3) is 17.9 Å². The van der Waals surface area contributed by atoms with E-state index in [2.05, 4.69) is 0 Å². The van der Waals surface area contributed by atoms with Crippen molar-refractivity contribution in [1.29, 1.82) is 0 Å². The van der Waals surface area contributed by atoms with Crippen LogP contribution in [0, 0.1) is 29.1 Å². The molecule has 1 aromatic carbocycles. The summed E-state index contributed by atoms with van der Waals surface area (Å²) in [6, 6.07) is 0.0563. The predicted octanol–water partition coefficient (Wildman–Crippen LogP) is 6.06. The fraction of sp³-hybridized carbons (Fsp3) is 0.609. The molecule has 0 aliphatic heterocycles. The third-order valence-corrected chi connectivity index (χ3v) is 7.72. The lowest BCUT2D eigenvalue weighted by atomic mass is 10.0. The van der Waals surface area contributed by atoms with Gasteiger partial charge in [0.15, 0.2) is 23.3 Å². The molecular formula is C23H31F5O6Si. The van der Waals surface area contributed by atoms with Crippen LogP contribution in [0.25, 0.3) is 0 Å². The second-order valence-corrected chi connectivity index (χ2v) is 10.3. The Morgan fingerprint density at radius 3 is 1.31 bits per heavy atom. The molecule has 0 saturated carbocycles. The van der Waals surface area contributed by atoms with E-state index < -0.39 is 61.4 Å². The van der Waals surface area contributed by atoms with Crippen LogP contribution in [-0.2, 0) is 34.1 Å². The average Bonchev–Trinajstić information content (AvgIpc) is 2.84. The molecule has 0 radical (unpaired) electrons. The standard InChI is InChI=1S/C23H31F5O6Si/c1-4-16(29)32-35(33-17(30)5-2,34-18(31)6-3)14-12-10-8-7-9-11-13-15-19(24)21(26)23(28)22(27)20(15)25/h4-14H2,1-3H3. The molecule has 0 fully saturated rings. The van der Waals surface area contributed by atoms with E-state index in [1.165, 1.54) is 0 Å². The fourth-order valence-corrected chi connectivity index (χ4v) is 5.76. The van der Waals surface area contributed by atoms with Crippen LogP contribution in [-0.4, -0.2) is 26.7 Å². The third kappa shape index (κ3) is 9.23. The molecule has 0 unspecified atom stereocenters. The Kier molecular flexibility index (Phi) is 12.9. The van der Waals surface area contributed by atoms with E-state index in [9.17, 15) is 36.3 Å². The second kappa shape index (κ2) is 14.8. The van der Waals surface area contributed by atoms with E-state index in [0.717, 1.165) is 0 Å². The molecule has 0 amide bonds. The van der Waals surface area contributed by atoms with E-state index in [0.29, 0.717) is 32.1 Å². The molecule has 35 heavy (non-hydrogen) atoms. The van der Waals surface area contributed by atoms with Crippen molar-refractivity contribution >= 4 is 26.7 Å². The largest absolute Gasteiger partial charge is 0.705 e. The van der Waals surface area contributed by atoms with Gasteiger partial charge >= 0.3 is 8.80 Å². The highest BCUT2D eigenvalue weighted by Crippen LogP contribution is 2.26. The summed E-state index contributed by atoms with van der Waals surface area (Å²) in [6.45, 7) is 4.66. The number of rotatable bonds is 15. The molecule has 0 saturated heterocycles. The quantitative estimate of drug-likeness (QED) is 0.0908. The molecule has 0 spiro atoms. The Balaban J connectivity index is 2.61. The van der Waals surface area contributed by atoms with Crippen LogP contribution in [0.1, 0.15) is 84.1 Å². The number of hydrogen-bond donors (Lipinski definition) is 0. The Morgan fingerprint density at radius 1 is 0.571 bits per heavy atom. The number of hydrogen-bond acceptors (Lipinski definition) is 6. The van der Waals surface area contributed by atoms with Gasteiger partial charge in [-0.2, -0.15) is 0 Å². The molecule has 0 atom stereocenters. The van der Waals surface area contributed by atoms with E-state index >= 15 is 0 Å². The molecule has 198 valence electrons. The van der Waals surface area contributed by atoms with E-state index in [-0.39, 0.29) is 38.1 Å². The topological polar surface area (TPSA) is 78.9 Å². The van der Waals surface area contributed by atoms with E-state index in [1.807, 2.05) is 0 Å². The number of benzene rings is 1. The van der Waals surface area contributed by atoms with Crippen molar-refractivity contribution in [2.45, 2.75) is 91.0 Å². The molecule has 1 aromatic rings. The van der Waals surface area contributed by atoms with Crippen molar-refractivity contribution in [3.05, 3.63) is 34.6 Å². The first-order valence-electron chi connectivity index (χ1n) is 11.7. The van der Waals surface area contributed by atoms with Gasteiger partial charge < -0.3 is 13.3 Å². The number of unbranched alkanes of at least 4 members (excludes halogenated alkanes) is 5. The fourth-order valence-electron chi connectivity index (χ4n) is 3.17. The summed E-state index contributed by atoms with van der Waals surface area (Å²) >= 11 is 0. The van der Waals surface area contributed by atoms with E-state index in [4.69, 9.17) is 13.3 Å². The Bertz CT molecular complexity index is 821. The van der Waals surface area contributed by atoms with E-state index in [1.54, 1.807) is 20.8 Å².